The lowest BCUT2D eigenvalue weighted by atomic mass is 10.1. The minimum atomic E-state index is -0.872. The molecule has 1 aliphatic heterocycles. The van der Waals surface area contributed by atoms with Gasteiger partial charge in [-0.05, 0) is 13.0 Å². The summed E-state index contributed by atoms with van der Waals surface area (Å²) in [6.45, 7) is 1.76. The second kappa shape index (κ2) is 4.41. The van der Waals surface area contributed by atoms with Crippen LogP contribution in [0.5, 0.6) is 0 Å². The van der Waals surface area contributed by atoms with Gasteiger partial charge in [0.1, 0.15) is 6.04 Å². The molecule has 1 aromatic rings. The van der Waals surface area contributed by atoms with Crippen molar-refractivity contribution < 1.29 is 9.90 Å². The molecule has 1 saturated heterocycles. The first-order valence-corrected chi connectivity index (χ1v) is 4.95. The van der Waals surface area contributed by atoms with E-state index >= 15 is 0 Å². The topological polar surface area (TPSA) is 90.0 Å². The number of carbonyl (C=O) groups is 1. The summed E-state index contributed by atoms with van der Waals surface area (Å²) in [5.41, 5.74) is 0.661. The second-order valence-corrected chi connectivity index (χ2v) is 3.66. The molecule has 2 heterocycles. The molecule has 82 valence electrons. The van der Waals surface area contributed by atoms with E-state index in [0.717, 1.165) is 19.5 Å². The van der Waals surface area contributed by atoms with Crippen LogP contribution in [0.25, 0.3) is 0 Å². The molecule has 0 bridgehead atoms. The zero-order valence-electron chi connectivity index (χ0n) is 8.23. The Morgan fingerprint density at radius 1 is 1.73 bits per heavy atom. The van der Waals surface area contributed by atoms with Gasteiger partial charge in [0.15, 0.2) is 0 Å². The standard InChI is InChI=1S/C9H14N4O2/c14-9(15)8(6-3-11-12-4-6)13-7-1-2-10-5-7/h3-4,7-8,10,13H,1-2,5H2,(H,11,12)(H,14,15). The Labute approximate surface area is 87.1 Å². The molecule has 0 amide bonds. The van der Waals surface area contributed by atoms with Crippen LogP contribution in [0.15, 0.2) is 12.4 Å². The average Bonchev–Trinajstić information content (AvgIpc) is 2.87. The van der Waals surface area contributed by atoms with Crippen LogP contribution in [-0.2, 0) is 4.79 Å². The van der Waals surface area contributed by atoms with Crippen molar-refractivity contribution in [2.75, 3.05) is 13.1 Å². The fourth-order valence-corrected chi connectivity index (χ4v) is 1.76. The largest absolute Gasteiger partial charge is 0.480 e. The lowest BCUT2D eigenvalue weighted by Crippen LogP contribution is -2.38. The van der Waals surface area contributed by atoms with E-state index in [-0.39, 0.29) is 6.04 Å². The van der Waals surface area contributed by atoms with Gasteiger partial charge in [-0.25, -0.2) is 0 Å². The monoisotopic (exact) mass is 210 g/mol. The van der Waals surface area contributed by atoms with Gasteiger partial charge in [0.25, 0.3) is 0 Å². The molecular formula is C9H14N4O2. The highest BCUT2D eigenvalue weighted by molar-refractivity contribution is 5.75. The Bertz CT molecular complexity index is 319. The minimum absolute atomic E-state index is 0.223. The molecular weight excluding hydrogens is 196 g/mol. The summed E-state index contributed by atoms with van der Waals surface area (Å²) in [5, 5.41) is 21.7. The van der Waals surface area contributed by atoms with Crippen molar-refractivity contribution in [2.45, 2.75) is 18.5 Å². The molecule has 0 saturated carbocycles. The number of nitrogens with zero attached hydrogens (tertiary/aromatic N) is 1. The summed E-state index contributed by atoms with van der Waals surface area (Å²) in [4.78, 5) is 11.1. The van der Waals surface area contributed by atoms with Crippen molar-refractivity contribution in [2.24, 2.45) is 0 Å². The third-order valence-electron chi connectivity index (χ3n) is 2.56. The highest BCUT2D eigenvalue weighted by atomic mass is 16.4. The number of carboxylic acid groups (broad SMARTS) is 1. The van der Waals surface area contributed by atoms with Crippen molar-refractivity contribution >= 4 is 5.97 Å². The normalized spacial score (nSPS) is 22.8. The van der Waals surface area contributed by atoms with Crippen molar-refractivity contribution in [3.05, 3.63) is 18.0 Å². The van der Waals surface area contributed by atoms with Gasteiger partial charge < -0.3 is 10.4 Å². The predicted molar refractivity (Wildman–Crippen MR) is 53.4 cm³/mol. The van der Waals surface area contributed by atoms with Crippen molar-refractivity contribution in [1.29, 1.82) is 0 Å². The van der Waals surface area contributed by atoms with Crippen LogP contribution in [0.3, 0.4) is 0 Å². The van der Waals surface area contributed by atoms with Crippen molar-refractivity contribution in [3.63, 3.8) is 0 Å². The molecule has 2 rings (SSSR count). The predicted octanol–water partition coefficient (Wildman–Crippen LogP) is -0.513. The van der Waals surface area contributed by atoms with Crippen LogP contribution in [0, 0.1) is 0 Å². The number of aromatic nitrogens is 2. The zero-order chi connectivity index (χ0) is 10.7. The SMILES string of the molecule is O=C(O)C(NC1CCNC1)c1cn[nH]c1. The summed E-state index contributed by atoms with van der Waals surface area (Å²) in [5.74, 6) is -0.872. The number of aromatic amines is 1. The van der Waals surface area contributed by atoms with Crippen LogP contribution in [0.4, 0.5) is 0 Å². The van der Waals surface area contributed by atoms with E-state index in [4.69, 9.17) is 5.11 Å². The third kappa shape index (κ3) is 2.34. The van der Waals surface area contributed by atoms with Crippen molar-refractivity contribution in [3.8, 4) is 0 Å². The molecule has 1 aromatic heterocycles. The van der Waals surface area contributed by atoms with E-state index in [2.05, 4.69) is 20.8 Å². The highest BCUT2D eigenvalue weighted by Crippen LogP contribution is 2.13. The smallest absolute Gasteiger partial charge is 0.325 e. The first-order chi connectivity index (χ1) is 7.27. The molecule has 1 aliphatic rings. The molecule has 0 radical (unpaired) electrons. The number of carboxylic acids is 1. The number of H-pyrrole nitrogens is 1. The summed E-state index contributed by atoms with van der Waals surface area (Å²) >= 11 is 0. The van der Waals surface area contributed by atoms with E-state index in [1.165, 1.54) is 6.20 Å². The first-order valence-electron chi connectivity index (χ1n) is 4.95. The Hall–Kier alpha value is -1.40. The van der Waals surface area contributed by atoms with Gasteiger partial charge in [0.2, 0.25) is 0 Å². The van der Waals surface area contributed by atoms with E-state index in [0.29, 0.717) is 5.56 Å². The molecule has 6 nitrogen and oxygen atoms in total. The fourth-order valence-electron chi connectivity index (χ4n) is 1.76. The van der Waals surface area contributed by atoms with Gasteiger partial charge in [-0.15, -0.1) is 0 Å². The van der Waals surface area contributed by atoms with Crippen LogP contribution < -0.4 is 10.6 Å². The summed E-state index contributed by atoms with van der Waals surface area (Å²) in [6.07, 6.45) is 4.10. The number of rotatable bonds is 4. The quantitative estimate of drug-likeness (QED) is 0.537. The van der Waals surface area contributed by atoms with Crippen LogP contribution in [0.1, 0.15) is 18.0 Å². The van der Waals surface area contributed by atoms with E-state index in [1.54, 1.807) is 6.20 Å². The van der Waals surface area contributed by atoms with Crippen LogP contribution in [0.2, 0.25) is 0 Å². The lowest BCUT2D eigenvalue weighted by molar-refractivity contribution is -0.139. The Morgan fingerprint density at radius 2 is 2.60 bits per heavy atom. The van der Waals surface area contributed by atoms with Crippen LogP contribution in [-0.4, -0.2) is 40.4 Å². The fraction of sp³-hybridized carbons (Fsp3) is 0.556. The van der Waals surface area contributed by atoms with Crippen molar-refractivity contribution in [1.82, 2.24) is 20.8 Å². The Kier molecular flexibility index (Phi) is 2.98. The van der Waals surface area contributed by atoms with Gasteiger partial charge in [-0.2, -0.15) is 5.10 Å². The molecule has 4 N–H and O–H groups in total. The zero-order valence-corrected chi connectivity index (χ0v) is 8.23. The van der Waals surface area contributed by atoms with E-state index < -0.39 is 12.0 Å². The van der Waals surface area contributed by atoms with Crippen LogP contribution >= 0.6 is 0 Å². The Morgan fingerprint density at radius 3 is 3.13 bits per heavy atom. The van der Waals surface area contributed by atoms with Gasteiger partial charge in [0.05, 0.1) is 6.20 Å². The molecule has 2 unspecified atom stereocenters. The van der Waals surface area contributed by atoms with E-state index in [9.17, 15) is 4.79 Å². The first kappa shape index (κ1) is 10.1. The molecule has 1 fully saturated rings. The average molecular weight is 210 g/mol. The number of aliphatic carboxylic acids is 1. The number of hydrogen-bond donors (Lipinski definition) is 4. The maximum absolute atomic E-state index is 11.1. The number of nitrogens with one attached hydrogen (secondary N) is 3. The maximum atomic E-state index is 11.1. The molecule has 2 atom stereocenters. The maximum Gasteiger partial charge on any atom is 0.325 e. The molecule has 0 aromatic carbocycles. The molecule has 0 spiro atoms. The summed E-state index contributed by atoms with van der Waals surface area (Å²) in [7, 11) is 0. The van der Waals surface area contributed by atoms with Gasteiger partial charge in [-0.3, -0.25) is 15.2 Å². The minimum Gasteiger partial charge on any atom is -0.480 e. The molecule has 15 heavy (non-hydrogen) atoms. The van der Waals surface area contributed by atoms with Gasteiger partial charge >= 0.3 is 5.97 Å². The van der Waals surface area contributed by atoms with E-state index in [1.807, 2.05) is 0 Å². The number of hydrogen-bond acceptors (Lipinski definition) is 4. The summed E-state index contributed by atoms with van der Waals surface area (Å²) < 4.78 is 0. The van der Waals surface area contributed by atoms with Gasteiger partial charge in [0, 0.05) is 24.3 Å². The lowest BCUT2D eigenvalue weighted by Gasteiger charge is -2.17. The molecule has 6 heteroatoms. The summed E-state index contributed by atoms with van der Waals surface area (Å²) in [6, 6.07) is -0.449. The van der Waals surface area contributed by atoms with Gasteiger partial charge in [-0.1, -0.05) is 0 Å². The second-order valence-electron chi connectivity index (χ2n) is 3.66. The molecule has 0 aliphatic carbocycles. The Balaban J connectivity index is 2.03. The highest BCUT2D eigenvalue weighted by Gasteiger charge is 2.25. The third-order valence-corrected chi connectivity index (χ3v) is 2.56.